The fraction of sp³-hybridized carbons (Fsp3) is 0.0909. The van der Waals surface area contributed by atoms with E-state index in [1.807, 2.05) is 67.6 Å². The van der Waals surface area contributed by atoms with Crippen LogP contribution in [0.25, 0.3) is 32.0 Å². The topological polar surface area (TPSA) is 34.9 Å². The van der Waals surface area contributed by atoms with Gasteiger partial charge in [0.15, 0.2) is 0 Å². The molecule has 2 heterocycles. The summed E-state index contributed by atoms with van der Waals surface area (Å²) in [5, 5.41) is 0.611. The van der Waals surface area contributed by atoms with Crippen LogP contribution in [0.3, 0.4) is 0 Å². The SMILES string of the molecule is C#CCn1c(-c2ccc(C)cc2)nc2sc(-c3ccccc3)cc2c1=O. The van der Waals surface area contributed by atoms with Crippen LogP contribution in [0.5, 0.6) is 0 Å². The monoisotopic (exact) mass is 356 g/mol. The second-order valence-electron chi connectivity index (χ2n) is 6.09. The number of nitrogens with zero attached hydrogens (tertiary/aromatic N) is 2. The van der Waals surface area contributed by atoms with Crippen molar-refractivity contribution in [2.45, 2.75) is 13.5 Å². The molecule has 2 aromatic carbocycles. The number of aromatic nitrogens is 2. The van der Waals surface area contributed by atoms with E-state index < -0.39 is 0 Å². The number of aryl methyl sites for hydroxylation is 1. The molecule has 0 bridgehead atoms. The molecule has 0 saturated heterocycles. The summed E-state index contributed by atoms with van der Waals surface area (Å²) in [6, 6.07) is 19.9. The van der Waals surface area contributed by atoms with Crippen LogP contribution in [0.2, 0.25) is 0 Å². The Morgan fingerprint density at radius 1 is 1.08 bits per heavy atom. The van der Waals surface area contributed by atoms with Gasteiger partial charge in [-0.3, -0.25) is 9.36 Å². The Hall–Kier alpha value is -3.16. The summed E-state index contributed by atoms with van der Waals surface area (Å²) in [6.07, 6.45) is 5.51. The summed E-state index contributed by atoms with van der Waals surface area (Å²) in [5.74, 6) is 3.19. The van der Waals surface area contributed by atoms with Gasteiger partial charge in [-0.1, -0.05) is 66.1 Å². The van der Waals surface area contributed by atoms with Crippen molar-refractivity contribution in [3.8, 4) is 34.2 Å². The zero-order valence-corrected chi connectivity index (χ0v) is 15.1. The molecule has 4 aromatic rings. The molecule has 0 aliphatic heterocycles. The van der Waals surface area contributed by atoms with Gasteiger partial charge in [0.25, 0.3) is 5.56 Å². The molecule has 0 radical (unpaired) electrons. The minimum Gasteiger partial charge on any atom is -0.280 e. The van der Waals surface area contributed by atoms with Gasteiger partial charge < -0.3 is 0 Å². The zero-order chi connectivity index (χ0) is 18.1. The fourth-order valence-corrected chi connectivity index (χ4v) is 3.95. The molecule has 0 spiro atoms. The van der Waals surface area contributed by atoms with Gasteiger partial charge in [0.05, 0.1) is 11.9 Å². The molecule has 0 unspecified atom stereocenters. The van der Waals surface area contributed by atoms with Gasteiger partial charge in [-0.05, 0) is 18.6 Å². The maximum absolute atomic E-state index is 13.1. The predicted octanol–water partition coefficient (Wildman–Crippen LogP) is 4.73. The number of thiophene rings is 1. The van der Waals surface area contributed by atoms with E-state index in [2.05, 4.69) is 5.92 Å². The van der Waals surface area contributed by atoms with Crippen molar-refractivity contribution in [3.05, 3.63) is 76.6 Å². The van der Waals surface area contributed by atoms with Crippen molar-refractivity contribution < 1.29 is 0 Å². The van der Waals surface area contributed by atoms with Crippen LogP contribution in [-0.2, 0) is 6.54 Å². The Morgan fingerprint density at radius 2 is 1.81 bits per heavy atom. The Labute approximate surface area is 155 Å². The molecule has 26 heavy (non-hydrogen) atoms. The Bertz CT molecular complexity index is 1180. The predicted molar refractivity (Wildman–Crippen MR) is 108 cm³/mol. The molecule has 3 nitrogen and oxygen atoms in total. The molecule has 0 N–H and O–H groups in total. The lowest BCUT2D eigenvalue weighted by Crippen LogP contribution is -2.22. The standard InChI is InChI=1S/C22H16N2OS/c1-3-13-24-20(17-11-9-15(2)10-12-17)23-21-18(22(24)25)14-19(26-21)16-7-5-4-6-8-16/h1,4-12,14H,13H2,2H3. The molecule has 0 saturated carbocycles. The normalized spacial score (nSPS) is 10.8. The van der Waals surface area contributed by atoms with E-state index >= 15 is 0 Å². The van der Waals surface area contributed by atoms with Crippen LogP contribution in [-0.4, -0.2) is 9.55 Å². The first kappa shape index (κ1) is 16.3. The van der Waals surface area contributed by atoms with Gasteiger partial charge in [-0.25, -0.2) is 4.98 Å². The van der Waals surface area contributed by atoms with Crippen LogP contribution in [0.15, 0.2) is 65.5 Å². The van der Waals surface area contributed by atoms with Gasteiger partial charge in [-0.15, -0.1) is 17.8 Å². The van der Waals surface area contributed by atoms with E-state index in [9.17, 15) is 4.79 Å². The summed E-state index contributed by atoms with van der Waals surface area (Å²) in [5.41, 5.74) is 3.03. The van der Waals surface area contributed by atoms with Crippen LogP contribution < -0.4 is 5.56 Å². The molecule has 0 aliphatic rings. The van der Waals surface area contributed by atoms with E-state index in [4.69, 9.17) is 11.4 Å². The number of rotatable bonds is 3. The highest BCUT2D eigenvalue weighted by Gasteiger charge is 2.15. The second-order valence-corrected chi connectivity index (χ2v) is 7.12. The molecule has 2 aromatic heterocycles. The van der Waals surface area contributed by atoms with Gasteiger partial charge in [0.2, 0.25) is 0 Å². The molecule has 4 rings (SSSR count). The molecular formula is C22H16N2OS. The van der Waals surface area contributed by atoms with Crippen LogP contribution in [0.4, 0.5) is 0 Å². The molecule has 4 heteroatoms. The van der Waals surface area contributed by atoms with E-state index in [0.717, 1.165) is 26.4 Å². The first-order valence-corrected chi connectivity index (χ1v) is 9.09. The second kappa shape index (κ2) is 6.62. The van der Waals surface area contributed by atoms with Gasteiger partial charge >= 0.3 is 0 Å². The molecule has 0 fully saturated rings. The van der Waals surface area contributed by atoms with Gasteiger partial charge in [0.1, 0.15) is 10.7 Å². The van der Waals surface area contributed by atoms with Gasteiger partial charge in [-0.2, -0.15) is 0 Å². The first-order chi connectivity index (χ1) is 12.7. The zero-order valence-electron chi connectivity index (χ0n) is 14.3. The Morgan fingerprint density at radius 3 is 2.50 bits per heavy atom. The maximum atomic E-state index is 13.1. The molecule has 0 amide bonds. The number of hydrogen-bond donors (Lipinski definition) is 0. The summed E-state index contributed by atoms with van der Waals surface area (Å²) in [7, 11) is 0. The lowest BCUT2D eigenvalue weighted by atomic mass is 10.1. The third kappa shape index (κ3) is 2.83. The van der Waals surface area contributed by atoms with Crippen LogP contribution >= 0.6 is 11.3 Å². The highest BCUT2D eigenvalue weighted by Crippen LogP contribution is 2.32. The largest absolute Gasteiger partial charge is 0.280 e. The van der Waals surface area contributed by atoms with Crippen molar-refractivity contribution in [1.82, 2.24) is 9.55 Å². The number of hydrogen-bond acceptors (Lipinski definition) is 3. The van der Waals surface area contributed by atoms with Crippen molar-refractivity contribution in [1.29, 1.82) is 0 Å². The Kier molecular flexibility index (Phi) is 4.16. The molecule has 126 valence electrons. The van der Waals surface area contributed by atoms with Crippen LogP contribution in [0.1, 0.15) is 5.56 Å². The summed E-state index contributed by atoms with van der Waals surface area (Å²) >= 11 is 1.53. The quantitative estimate of drug-likeness (QED) is 0.497. The number of terminal acetylenes is 1. The van der Waals surface area contributed by atoms with E-state index in [1.165, 1.54) is 11.3 Å². The summed E-state index contributed by atoms with van der Waals surface area (Å²) in [6.45, 7) is 2.22. The summed E-state index contributed by atoms with van der Waals surface area (Å²) in [4.78, 5) is 19.6. The van der Waals surface area contributed by atoms with Crippen molar-refractivity contribution in [2.24, 2.45) is 0 Å². The van der Waals surface area contributed by atoms with Crippen LogP contribution in [0, 0.1) is 19.3 Å². The van der Waals surface area contributed by atoms with Gasteiger partial charge in [0, 0.05) is 10.4 Å². The number of fused-ring (bicyclic) bond motifs is 1. The van der Waals surface area contributed by atoms with E-state index in [0.29, 0.717) is 11.2 Å². The molecular weight excluding hydrogens is 340 g/mol. The highest BCUT2D eigenvalue weighted by atomic mass is 32.1. The third-order valence-electron chi connectivity index (χ3n) is 4.27. The van der Waals surface area contributed by atoms with Crippen molar-refractivity contribution >= 4 is 21.6 Å². The minimum absolute atomic E-state index is 0.0954. The van der Waals surface area contributed by atoms with E-state index in [-0.39, 0.29) is 12.1 Å². The average Bonchev–Trinajstić information content (AvgIpc) is 3.10. The fourth-order valence-electron chi connectivity index (χ4n) is 2.92. The van der Waals surface area contributed by atoms with Crippen molar-refractivity contribution in [3.63, 3.8) is 0 Å². The van der Waals surface area contributed by atoms with Crippen molar-refractivity contribution in [2.75, 3.05) is 0 Å². The lowest BCUT2D eigenvalue weighted by Gasteiger charge is -2.10. The first-order valence-electron chi connectivity index (χ1n) is 8.27. The smallest absolute Gasteiger partial charge is 0.263 e. The minimum atomic E-state index is -0.0954. The van der Waals surface area contributed by atoms with E-state index in [1.54, 1.807) is 4.57 Å². The maximum Gasteiger partial charge on any atom is 0.263 e. The number of benzene rings is 2. The third-order valence-corrected chi connectivity index (χ3v) is 5.35. The summed E-state index contributed by atoms with van der Waals surface area (Å²) < 4.78 is 1.58. The molecule has 0 atom stereocenters. The average molecular weight is 356 g/mol. The Balaban J connectivity index is 1.97. The lowest BCUT2D eigenvalue weighted by molar-refractivity contribution is 0.796. The highest BCUT2D eigenvalue weighted by molar-refractivity contribution is 7.21. The molecule has 0 aliphatic carbocycles.